The van der Waals surface area contributed by atoms with Crippen LogP contribution in [-0.2, 0) is 0 Å². The van der Waals surface area contributed by atoms with Gasteiger partial charge in [-0.05, 0) is 30.7 Å². The molecule has 114 valence electrons. The van der Waals surface area contributed by atoms with E-state index in [4.69, 9.17) is 4.74 Å². The van der Waals surface area contributed by atoms with Crippen LogP contribution in [-0.4, -0.2) is 43.2 Å². The first kappa shape index (κ1) is 13.6. The number of rotatable bonds is 4. The monoisotopic (exact) mass is 294 g/mol. The van der Waals surface area contributed by atoms with Gasteiger partial charge in [0.2, 0.25) is 0 Å². The maximum Gasteiger partial charge on any atom is 0.124 e. The summed E-state index contributed by atoms with van der Waals surface area (Å²) >= 11 is 0. The van der Waals surface area contributed by atoms with Gasteiger partial charge >= 0.3 is 0 Å². The largest absolute Gasteiger partial charge is 0.488 e. The molecule has 0 radical (unpaired) electrons. The third-order valence-corrected chi connectivity index (χ3v) is 4.72. The van der Waals surface area contributed by atoms with Gasteiger partial charge in [0.25, 0.3) is 0 Å². The molecule has 2 heterocycles. The molecule has 0 bridgehead atoms. The lowest BCUT2D eigenvalue weighted by Crippen LogP contribution is -2.58. The van der Waals surface area contributed by atoms with E-state index in [0.717, 1.165) is 31.9 Å². The summed E-state index contributed by atoms with van der Waals surface area (Å²) in [6.07, 6.45) is 1.61. The van der Waals surface area contributed by atoms with Crippen molar-refractivity contribution in [3.05, 3.63) is 60.7 Å². The Morgan fingerprint density at radius 3 is 2.23 bits per heavy atom. The Morgan fingerprint density at radius 1 is 0.818 bits per heavy atom. The topological polar surface area (TPSA) is 15.7 Å². The Morgan fingerprint density at radius 2 is 1.50 bits per heavy atom. The minimum Gasteiger partial charge on any atom is -0.488 e. The smallest absolute Gasteiger partial charge is 0.124 e. The summed E-state index contributed by atoms with van der Waals surface area (Å²) in [7, 11) is 0. The summed E-state index contributed by atoms with van der Waals surface area (Å²) in [5.74, 6) is 0.990. The minimum absolute atomic E-state index is 0.355. The maximum absolute atomic E-state index is 6.00. The molecule has 0 aliphatic carbocycles. The number of nitrogens with zero attached hydrogens (tertiary/aromatic N) is 2. The predicted molar refractivity (Wildman–Crippen MR) is 89.5 cm³/mol. The number of benzene rings is 2. The lowest BCUT2D eigenvalue weighted by atomic mass is 10.1. The van der Waals surface area contributed by atoms with Crippen molar-refractivity contribution in [1.29, 1.82) is 0 Å². The van der Waals surface area contributed by atoms with Crippen LogP contribution in [0.25, 0.3) is 0 Å². The SMILES string of the molecule is c1ccc(OC2CN([C@@H]3CCN(c4ccccc4)C3)C2)cc1. The van der Waals surface area contributed by atoms with Crippen molar-refractivity contribution in [2.75, 3.05) is 31.1 Å². The number of ether oxygens (including phenoxy) is 1. The molecule has 0 N–H and O–H groups in total. The van der Waals surface area contributed by atoms with Gasteiger partial charge in [-0.25, -0.2) is 0 Å². The van der Waals surface area contributed by atoms with Gasteiger partial charge in [0, 0.05) is 37.9 Å². The van der Waals surface area contributed by atoms with Crippen molar-refractivity contribution in [3.63, 3.8) is 0 Å². The van der Waals surface area contributed by atoms with Gasteiger partial charge in [-0.2, -0.15) is 0 Å². The molecule has 0 aromatic heterocycles. The molecule has 2 saturated heterocycles. The van der Waals surface area contributed by atoms with Crippen LogP contribution in [0.1, 0.15) is 6.42 Å². The van der Waals surface area contributed by atoms with E-state index in [2.05, 4.69) is 40.1 Å². The van der Waals surface area contributed by atoms with Crippen LogP contribution >= 0.6 is 0 Å². The van der Waals surface area contributed by atoms with E-state index < -0.39 is 0 Å². The molecular formula is C19H22N2O. The van der Waals surface area contributed by atoms with Crippen LogP contribution in [0.3, 0.4) is 0 Å². The van der Waals surface area contributed by atoms with E-state index >= 15 is 0 Å². The highest BCUT2D eigenvalue weighted by atomic mass is 16.5. The summed E-state index contributed by atoms with van der Waals surface area (Å²) in [6.45, 7) is 4.42. The third-order valence-electron chi connectivity index (χ3n) is 4.72. The molecule has 2 aliphatic heterocycles. The van der Waals surface area contributed by atoms with Gasteiger partial charge < -0.3 is 9.64 Å². The van der Waals surface area contributed by atoms with Crippen molar-refractivity contribution in [2.45, 2.75) is 18.6 Å². The van der Waals surface area contributed by atoms with Crippen molar-refractivity contribution in [2.24, 2.45) is 0 Å². The van der Waals surface area contributed by atoms with E-state index in [0.29, 0.717) is 12.1 Å². The highest BCUT2D eigenvalue weighted by Crippen LogP contribution is 2.27. The van der Waals surface area contributed by atoms with Crippen LogP contribution < -0.4 is 9.64 Å². The normalized spacial score (nSPS) is 22.5. The summed E-state index contributed by atoms with van der Waals surface area (Å²) in [4.78, 5) is 5.06. The van der Waals surface area contributed by atoms with Gasteiger partial charge in [0.15, 0.2) is 0 Å². The average molecular weight is 294 g/mol. The fourth-order valence-electron chi connectivity index (χ4n) is 3.45. The molecule has 2 aromatic carbocycles. The molecule has 2 fully saturated rings. The Labute approximate surface area is 132 Å². The zero-order valence-corrected chi connectivity index (χ0v) is 12.8. The molecule has 0 spiro atoms. The fourth-order valence-corrected chi connectivity index (χ4v) is 3.45. The highest BCUT2D eigenvalue weighted by Gasteiger charge is 2.37. The average Bonchev–Trinajstić information content (AvgIpc) is 3.02. The molecule has 22 heavy (non-hydrogen) atoms. The van der Waals surface area contributed by atoms with Gasteiger partial charge in [-0.3, -0.25) is 4.90 Å². The number of hydrogen-bond donors (Lipinski definition) is 0. The van der Waals surface area contributed by atoms with Gasteiger partial charge in [-0.15, -0.1) is 0 Å². The lowest BCUT2D eigenvalue weighted by molar-refractivity contribution is -0.00359. The molecule has 0 unspecified atom stereocenters. The molecule has 4 rings (SSSR count). The zero-order valence-electron chi connectivity index (χ0n) is 12.8. The molecule has 3 nitrogen and oxygen atoms in total. The molecule has 2 aromatic rings. The van der Waals surface area contributed by atoms with Gasteiger partial charge in [0.05, 0.1) is 0 Å². The predicted octanol–water partition coefficient (Wildman–Crippen LogP) is 3.03. The van der Waals surface area contributed by atoms with E-state index in [1.807, 2.05) is 30.3 Å². The number of hydrogen-bond acceptors (Lipinski definition) is 3. The van der Waals surface area contributed by atoms with E-state index in [1.54, 1.807) is 0 Å². The molecule has 0 amide bonds. The minimum atomic E-state index is 0.355. The van der Waals surface area contributed by atoms with Crippen LogP contribution in [0.2, 0.25) is 0 Å². The molecule has 0 saturated carbocycles. The van der Waals surface area contributed by atoms with Crippen LogP contribution in [0.4, 0.5) is 5.69 Å². The van der Waals surface area contributed by atoms with Gasteiger partial charge in [0.1, 0.15) is 11.9 Å². The van der Waals surface area contributed by atoms with E-state index in [1.165, 1.54) is 12.1 Å². The first-order valence-electron chi connectivity index (χ1n) is 8.14. The highest BCUT2D eigenvalue weighted by molar-refractivity contribution is 5.47. The first-order valence-corrected chi connectivity index (χ1v) is 8.14. The van der Waals surface area contributed by atoms with Crippen LogP contribution in [0.5, 0.6) is 5.75 Å². The molecule has 3 heteroatoms. The second-order valence-electron chi connectivity index (χ2n) is 6.23. The van der Waals surface area contributed by atoms with Crippen LogP contribution in [0.15, 0.2) is 60.7 Å². The van der Waals surface area contributed by atoms with E-state index in [9.17, 15) is 0 Å². The molecular weight excluding hydrogens is 272 g/mol. The Balaban J connectivity index is 1.28. The fraction of sp³-hybridized carbons (Fsp3) is 0.368. The molecule has 1 atom stereocenters. The summed E-state index contributed by atoms with van der Waals surface area (Å²) in [5, 5.41) is 0. The van der Waals surface area contributed by atoms with Crippen molar-refractivity contribution in [1.82, 2.24) is 4.90 Å². The van der Waals surface area contributed by atoms with Gasteiger partial charge in [-0.1, -0.05) is 36.4 Å². The summed E-state index contributed by atoms with van der Waals surface area (Å²) in [6, 6.07) is 21.6. The number of anilines is 1. The lowest BCUT2D eigenvalue weighted by Gasteiger charge is -2.42. The Hall–Kier alpha value is -2.00. The van der Waals surface area contributed by atoms with Crippen molar-refractivity contribution < 1.29 is 4.74 Å². The Kier molecular flexibility index (Phi) is 3.73. The second-order valence-corrected chi connectivity index (χ2v) is 6.23. The standard InChI is InChI=1S/C19H22N2O/c1-3-7-16(8-4-1)20-12-11-17(13-20)21-14-19(15-21)22-18-9-5-2-6-10-18/h1-10,17,19H,11-15H2/t17-/m1/s1. The molecule has 2 aliphatic rings. The summed E-state index contributed by atoms with van der Waals surface area (Å²) < 4.78 is 6.00. The zero-order chi connectivity index (χ0) is 14.8. The first-order chi connectivity index (χ1) is 10.9. The van der Waals surface area contributed by atoms with E-state index in [-0.39, 0.29) is 0 Å². The summed E-state index contributed by atoms with van der Waals surface area (Å²) in [5.41, 5.74) is 1.35. The van der Waals surface area contributed by atoms with Crippen molar-refractivity contribution in [3.8, 4) is 5.75 Å². The maximum atomic E-state index is 6.00. The van der Waals surface area contributed by atoms with Crippen molar-refractivity contribution >= 4 is 5.69 Å². The quantitative estimate of drug-likeness (QED) is 0.862. The second kappa shape index (κ2) is 6.01. The third kappa shape index (κ3) is 2.81. The number of para-hydroxylation sites is 2. The van der Waals surface area contributed by atoms with Crippen LogP contribution in [0, 0.1) is 0 Å². The number of likely N-dealkylation sites (tertiary alicyclic amines) is 1. The Bertz CT molecular complexity index is 595.